The first-order valence-corrected chi connectivity index (χ1v) is 6.33. The van der Waals surface area contributed by atoms with Gasteiger partial charge in [0.1, 0.15) is 0 Å². The normalized spacial score (nSPS) is 29.2. The molecule has 86 valence electrons. The summed E-state index contributed by atoms with van der Waals surface area (Å²) >= 11 is 0. The van der Waals surface area contributed by atoms with Crippen molar-refractivity contribution in [3.8, 4) is 0 Å². The second kappa shape index (κ2) is 3.86. The highest BCUT2D eigenvalue weighted by Gasteiger charge is 2.35. The number of hydrogen-bond donors (Lipinski definition) is 1. The van der Waals surface area contributed by atoms with Crippen LogP contribution in [-0.4, -0.2) is 18.0 Å². The molecule has 2 heteroatoms. The van der Waals surface area contributed by atoms with E-state index in [1.165, 1.54) is 30.4 Å². The topological polar surface area (TPSA) is 29.3 Å². The van der Waals surface area contributed by atoms with Crippen molar-refractivity contribution in [2.45, 2.75) is 43.8 Å². The molecular weight excluding hydrogens is 196 g/mol. The van der Waals surface area contributed by atoms with Crippen molar-refractivity contribution in [3.05, 3.63) is 35.4 Å². The van der Waals surface area contributed by atoms with Gasteiger partial charge >= 0.3 is 0 Å². The van der Waals surface area contributed by atoms with Crippen molar-refractivity contribution in [3.63, 3.8) is 0 Å². The molecule has 0 spiro atoms. The lowest BCUT2D eigenvalue weighted by molar-refractivity contribution is 0.107. The van der Waals surface area contributed by atoms with E-state index in [1.807, 2.05) is 0 Å². The van der Waals surface area contributed by atoms with Crippen molar-refractivity contribution < 1.29 is 0 Å². The molecule has 1 aromatic rings. The minimum Gasteiger partial charge on any atom is -0.324 e. The van der Waals surface area contributed by atoms with Gasteiger partial charge in [-0.15, -0.1) is 0 Å². The zero-order valence-corrected chi connectivity index (χ0v) is 9.89. The van der Waals surface area contributed by atoms with Crippen LogP contribution in [0.3, 0.4) is 0 Å². The smallest absolute Gasteiger partial charge is 0.0369 e. The van der Waals surface area contributed by atoms with E-state index in [-0.39, 0.29) is 6.04 Å². The fourth-order valence-corrected chi connectivity index (χ4v) is 3.08. The third kappa shape index (κ3) is 1.48. The van der Waals surface area contributed by atoms with Gasteiger partial charge in [0, 0.05) is 18.1 Å². The summed E-state index contributed by atoms with van der Waals surface area (Å²) in [5.74, 6) is 0. The second-order valence-corrected chi connectivity index (χ2v) is 5.24. The highest BCUT2D eigenvalue weighted by molar-refractivity contribution is 5.37. The van der Waals surface area contributed by atoms with Crippen LogP contribution in [0.1, 0.15) is 48.9 Å². The van der Waals surface area contributed by atoms with E-state index in [9.17, 15) is 0 Å². The quantitative estimate of drug-likeness (QED) is 0.823. The van der Waals surface area contributed by atoms with Gasteiger partial charge in [-0.1, -0.05) is 30.7 Å². The monoisotopic (exact) mass is 216 g/mol. The van der Waals surface area contributed by atoms with Gasteiger partial charge < -0.3 is 5.73 Å². The molecule has 1 aromatic carbocycles. The zero-order valence-electron chi connectivity index (χ0n) is 9.89. The summed E-state index contributed by atoms with van der Waals surface area (Å²) < 4.78 is 0. The molecule has 0 saturated heterocycles. The largest absolute Gasteiger partial charge is 0.324 e. The lowest BCUT2D eigenvalue weighted by atomic mass is 9.90. The van der Waals surface area contributed by atoms with Gasteiger partial charge in [0.15, 0.2) is 0 Å². The van der Waals surface area contributed by atoms with Gasteiger partial charge in [0.05, 0.1) is 0 Å². The van der Waals surface area contributed by atoms with Crippen LogP contribution in [0.25, 0.3) is 0 Å². The molecule has 2 aliphatic carbocycles. The van der Waals surface area contributed by atoms with E-state index >= 15 is 0 Å². The van der Waals surface area contributed by atoms with Crippen LogP contribution in [0.4, 0.5) is 0 Å². The molecule has 0 amide bonds. The predicted octanol–water partition coefficient (Wildman–Crippen LogP) is 2.62. The van der Waals surface area contributed by atoms with Gasteiger partial charge in [-0.05, 0) is 37.4 Å². The Morgan fingerprint density at radius 1 is 1.19 bits per heavy atom. The van der Waals surface area contributed by atoms with E-state index in [1.54, 1.807) is 0 Å². The lowest BCUT2D eigenvalue weighted by Gasteiger charge is -2.39. The molecule has 0 radical (unpaired) electrons. The van der Waals surface area contributed by atoms with E-state index in [2.05, 4.69) is 36.2 Å². The van der Waals surface area contributed by atoms with Crippen molar-refractivity contribution in [1.82, 2.24) is 4.90 Å². The van der Waals surface area contributed by atoms with Crippen LogP contribution in [0.2, 0.25) is 0 Å². The summed E-state index contributed by atoms with van der Waals surface area (Å²) in [5, 5.41) is 0. The molecule has 1 fully saturated rings. The standard InChI is InChI=1S/C14H20N2/c1-16(10-5-4-6-10)14-9-13(15)11-7-2-3-8-12(11)14/h2-3,7-8,10,13-14H,4-6,9,15H2,1H3. The molecule has 0 heterocycles. The summed E-state index contributed by atoms with van der Waals surface area (Å²) in [5.41, 5.74) is 9.03. The van der Waals surface area contributed by atoms with Gasteiger partial charge in [0.25, 0.3) is 0 Å². The van der Waals surface area contributed by atoms with Crippen LogP contribution in [0.5, 0.6) is 0 Å². The first kappa shape index (κ1) is 10.3. The maximum absolute atomic E-state index is 6.21. The molecule has 0 aromatic heterocycles. The maximum atomic E-state index is 6.21. The third-order valence-electron chi connectivity index (χ3n) is 4.37. The Bertz CT molecular complexity index is 384. The van der Waals surface area contributed by atoms with E-state index in [0.717, 1.165) is 12.5 Å². The average molecular weight is 216 g/mol. The summed E-state index contributed by atoms with van der Waals surface area (Å²) in [4.78, 5) is 2.55. The molecule has 0 bridgehead atoms. The number of benzene rings is 1. The Kier molecular flexibility index (Phi) is 2.49. The number of nitrogens with two attached hydrogens (primary N) is 1. The average Bonchev–Trinajstić information content (AvgIpc) is 2.55. The zero-order chi connectivity index (χ0) is 11.1. The van der Waals surface area contributed by atoms with E-state index < -0.39 is 0 Å². The summed E-state index contributed by atoms with van der Waals surface area (Å²) in [6.45, 7) is 0. The van der Waals surface area contributed by atoms with Crippen molar-refractivity contribution in [2.24, 2.45) is 5.73 Å². The number of fused-ring (bicyclic) bond motifs is 1. The van der Waals surface area contributed by atoms with E-state index in [4.69, 9.17) is 5.73 Å². The SMILES string of the molecule is CN(C1CCC1)C1CC(N)c2ccccc21. The van der Waals surface area contributed by atoms with Crippen molar-refractivity contribution in [1.29, 1.82) is 0 Å². The summed E-state index contributed by atoms with van der Waals surface area (Å²) in [6.07, 6.45) is 5.22. The molecule has 2 atom stereocenters. The van der Waals surface area contributed by atoms with Crippen LogP contribution in [0, 0.1) is 0 Å². The van der Waals surface area contributed by atoms with Gasteiger partial charge in [-0.25, -0.2) is 0 Å². The minimum atomic E-state index is 0.240. The van der Waals surface area contributed by atoms with Crippen LogP contribution in [0.15, 0.2) is 24.3 Å². The molecule has 2 aliphatic rings. The van der Waals surface area contributed by atoms with Gasteiger partial charge in [0.2, 0.25) is 0 Å². The molecule has 2 nitrogen and oxygen atoms in total. The van der Waals surface area contributed by atoms with Gasteiger partial charge in [-0.2, -0.15) is 0 Å². The Morgan fingerprint density at radius 2 is 1.88 bits per heavy atom. The van der Waals surface area contributed by atoms with Crippen molar-refractivity contribution in [2.75, 3.05) is 7.05 Å². The third-order valence-corrected chi connectivity index (χ3v) is 4.37. The van der Waals surface area contributed by atoms with Gasteiger partial charge in [-0.3, -0.25) is 4.90 Å². The number of nitrogens with zero attached hydrogens (tertiary/aromatic N) is 1. The Labute approximate surface area is 97.4 Å². The lowest BCUT2D eigenvalue weighted by Crippen LogP contribution is -2.39. The number of hydrogen-bond acceptors (Lipinski definition) is 2. The Morgan fingerprint density at radius 3 is 2.50 bits per heavy atom. The molecular formula is C14H20N2. The maximum Gasteiger partial charge on any atom is 0.0369 e. The van der Waals surface area contributed by atoms with E-state index in [0.29, 0.717) is 6.04 Å². The molecule has 2 unspecified atom stereocenters. The fourth-order valence-electron chi connectivity index (χ4n) is 3.08. The molecule has 0 aliphatic heterocycles. The second-order valence-electron chi connectivity index (χ2n) is 5.24. The molecule has 2 N–H and O–H groups in total. The first-order chi connectivity index (χ1) is 7.77. The van der Waals surface area contributed by atoms with Crippen LogP contribution < -0.4 is 5.73 Å². The fraction of sp³-hybridized carbons (Fsp3) is 0.571. The highest BCUT2D eigenvalue weighted by Crippen LogP contribution is 2.43. The minimum absolute atomic E-state index is 0.240. The highest BCUT2D eigenvalue weighted by atomic mass is 15.2. The summed E-state index contributed by atoms with van der Waals surface area (Å²) in [6, 6.07) is 10.3. The predicted molar refractivity (Wildman–Crippen MR) is 66.1 cm³/mol. The summed E-state index contributed by atoms with van der Waals surface area (Å²) in [7, 11) is 2.27. The first-order valence-electron chi connectivity index (χ1n) is 6.33. The molecule has 1 saturated carbocycles. The Hall–Kier alpha value is -0.860. The molecule has 3 rings (SSSR count). The van der Waals surface area contributed by atoms with Crippen LogP contribution in [-0.2, 0) is 0 Å². The van der Waals surface area contributed by atoms with Crippen LogP contribution >= 0.6 is 0 Å². The number of rotatable bonds is 2. The Balaban J connectivity index is 1.87. The van der Waals surface area contributed by atoms with Crippen molar-refractivity contribution >= 4 is 0 Å². The molecule has 16 heavy (non-hydrogen) atoms.